The van der Waals surface area contributed by atoms with Gasteiger partial charge in [-0.05, 0) is 38.1 Å². The summed E-state index contributed by atoms with van der Waals surface area (Å²) in [5.74, 6) is 0.811. The molecule has 0 aromatic rings. The van der Waals surface area contributed by atoms with Gasteiger partial charge in [0.05, 0.1) is 0 Å². The van der Waals surface area contributed by atoms with Crippen molar-refractivity contribution in [3.63, 3.8) is 0 Å². The molecule has 0 spiro atoms. The van der Waals surface area contributed by atoms with Crippen molar-refractivity contribution < 1.29 is 4.79 Å². The number of carbonyl (C=O) groups is 1. The topological polar surface area (TPSA) is 55.1 Å². The van der Waals surface area contributed by atoms with Crippen molar-refractivity contribution in [2.24, 2.45) is 17.6 Å². The molecule has 0 saturated heterocycles. The predicted octanol–water partition coefficient (Wildman–Crippen LogP) is 1.59. The van der Waals surface area contributed by atoms with E-state index in [2.05, 4.69) is 17.5 Å². The van der Waals surface area contributed by atoms with Crippen LogP contribution >= 0.6 is 0 Å². The molecule has 2 atom stereocenters. The minimum atomic E-state index is 0.166. The van der Waals surface area contributed by atoms with E-state index < -0.39 is 0 Å². The van der Waals surface area contributed by atoms with Crippen LogP contribution in [0.5, 0.6) is 0 Å². The Hall–Kier alpha value is -0.830. The second-order valence-corrected chi connectivity index (χ2v) is 5.04. The van der Waals surface area contributed by atoms with Crippen molar-refractivity contribution in [1.82, 2.24) is 5.32 Å². The molecule has 0 bridgehead atoms. The molecule has 1 saturated carbocycles. The van der Waals surface area contributed by atoms with Crippen LogP contribution in [0.25, 0.3) is 0 Å². The highest BCUT2D eigenvalue weighted by Gasteiger charge is 2.30. The Labute approximate surface area is 97.5 Å². The Morgan fingerprint density at radius 2 is 1.94 bits per heavy atom. The lowest BCUT2D eigenvalue weighted by Crippen LogP contribution is -2.43. The molecule has 2 aliphatic rings. The van der Waals surface area contributed by atoms with Gasteiger partial charge in [-0.25, -0.2) is 0 Å². The Kier molecular flexibility index (Phi) is 3.99. The number of rotatable bonds is 3. The first-order valence-electron chi connectivity index (χ1n) is 6.46. The summed E-state index contributed by atoms with van der Waals surface area (Å²) < 4.78 is 0. The van der Waals surface area contributed by atoms with Gasteiger partial charge in [-0.1, -0.05) is 25.0 Å². The molecule has 0 aromatic carbocycles. The van der Waals surface area contributed by atoms with Gasteiger partial charge in [0, 0.05) is 12.0 Å². The maximum Gasteiger partial charge on any atom is 0.223 e. The van der Waals surface area contributed by atoms with Crippen molar-refractivity contribution in [2.45, 2.75) is 44.6 Å². The Bertz CT molecular complexity index is 267. The molecule has 3 heteroatoms. The van der Waals surface area contributed by atoms with Gasteiger partial charge in [0.25, 0.3) is 0 Å². The fourth-order valence-corrected chi connectivity index (χ4v) is 2.88. The molecule has 16 heavy (non-hydrogen) atoms. The number of carbonyl (C=O) groups excluding carboxylic acids is 1. The predicted molar refractivity (Wildman–Crippen MR) is 64.8 cm³/mol. The number of amides is 1. The third kappa shape index (κ3) is 2.64. The Balaban J connectivity index is 1.86. The minimum Gasteiger partial charge on any atom is -0.353 e. The van der Waals surface area contributed by atoms with Crippen LogP contribution in [0.1, 0.15) is 38.5 Å². The van der Waals surface area contributed by atoms with E-state index in [9.17, 15) is 4.79 Å². The third-order valence-electron chi connectivity index (χ3n) is 3.90. The zero-order chi connectivity index (χ0) is 11.4. The standard InChI is InChI=1S/C13H22N2O/c14-9-10-5-1-4-8-12(10)13(16)15-11-6-2-3-7-11/h2-3,10-12H,1,4-9,14H2,(H,15,16). The molecule has 0 heterocycles. The van der Waals surface area contributed by atoms with Crippen LogP contribution in [0.3, 0.4) is 0 Å². The fraction of sp³-hybridized carbons (Fsp3) is 0.769. The first kappa shape index (κ1) is 11.6. The molecule has 0 aromatic heterocycles. The van der Waals surface area contributed by atoms with Crippen molar-refractivity contribution in [1.29, 1.82) is 0 Å². The summed E-state index contributed by atoms with van der Waals surface area (Å²) in [6.45, 7) is 0.654. The highest BCUT2D eigenvalue weighted by Crippen LogP contribution is 2.29. The molecule has 90 valence electrons. The van der Waals surface area contributed by atoms with Crippen LogP contribution < -0.4 is 11.1 Å². The molecule has 3 nitrogen and oxygen atoms in total. The van der Waals surface area contributed by atoms with Gasteiger partial charge >= 0.3 is 0 Å². The second-order valence-electron chi connectivity index (χ2n) is 5.04. The average Bonchev–Trinajstić information content (AvgIpc) is 2.81. The van der Waals surface area contributed by atoms with E-state index in [1.807, 2.05) is 0 Å². The molecular formula is C13H22N2O. The molecule has 0 aliphatic heterocycles. The van der Waals surface area contributed by atoms with Gasteiger partial charge in [-0.3, -0.25) is 4.79 Å². The highest BCUT2D eigenvalue weighted by molar-refractivity contribution is 5.79. The van der Waals surface area contributed by atoms with E-state index in [1.165, 1.54) is 12.8 Å². The average molecular weight is 222 g/mol. The lowest BCUT2D eigenvalue weighted by Gasteiger charge is -2.30. The van der Waals surface area contributed by atoms with Crippen molar-refractivity contribution >= 4 is 5.91 Å². The maximum atomic E-state index is 12.1. The Morgan fingerprint density at radius 1 is 1.25 bits per heavy atom. The zero-order valence-electron chi connectivity index (χ0n) is 9.82. The quantitative estimate of drug-likeness (QED) is 0.712. The van der Waals surface area contributed by atoms with Gasteiger partial charge < -0.3 is 11.1 Å². The summed E-state index contributed by atoms with van der Waals surface area (Å²) in [4.78, 5) is 12.1. The summed E-state index contributed by atoms with van der Waals surface area (Å²) in [5, 5.41) is 3.16. The van der Waals surface area contributed by atoms with Gasteiger partial charge in [-0.2, -0.15) is 0 Å². The number of hydrogen-bond acceptors (Lipinski definition) is 2. The van der Waals surface area contributed by atoms with E-state index in [0.29, 0.717) is 18.5 Å². The van der Waals surface area contributed by atoms with Crippen LogP contribution in [0.15, 0.2) is 12.2 Å². The van der Waals surface area contributed by atoms with E-state index >= 15 is 0 Å². The van der Waals surface area contributed by atoms with Gasteiger partial charge in [0.1, 0.15) is 0 Å². The molecule has 2 rings (SSSR count). The van der Waals surface area contributed by atoms with Crippen molar-refractivity contribution in [3.8, 4) is 0 Å². The first-order chi connectivity index (χ1) is 7.81. The molecule has 2 aliphatic carbocycles. The lowest BCUT2D eigenvalue weighted by atomic mass is 9.78. The van der Waals surface area contributed by atoms with Crippen molar-refractivity contribution in [2.75, 3.05) is 6.54 Å². The lowest BCUT2D eigenvalue weighted by molar-refractivity contribution is -0.128. The van der Waals surface area contributed by atoms with Gasteiger partial charge in [0.15, 0.2) is 0 Å². The molecule has 1 fully saturated rings. The third-order valence-corrected chi connectivity index (χ3v) is 3.90. The van der Waals surface area contributed by atoms with E-state index in [0.717, 1.165) is 25.7 Å². The summed E-state index contributed by atoms with van der Waals surface area (Å²) in [6, 6.07) is 0.341. The minimum absolute atomic E-state index is 0.166. The SMILES string of the molecule is NCC1CCCCC1C(=O)NC1CC=CC1. The molecule has 3 N–H and O–H groups in total. The van der Waals surface area contributed by atoms with Crippen molar-refractivity contribution in [3.05, 3.63) is 12.2 Å². The largest absolute Gasteiger partial charge is 0.353 e. The summed E-state index contributed by atoms with van der Waals surface area (Å²) >= 11 is 0. The zero-order valence-corrected chi connectivity index (χ0v) is 9.82. The summed E-state index contributed by atoms with van der Waals surface area (Å²) in [6.07, 6.45) is 10.8. The number of nitrogens with two attached hydrogens (primary N) is 1. The number of nitrogens with one attached hydrogen (secondary N) is 1. The van der Waals surface area contributed by atoms with Crippen LogP contribution in [0.2, 0.25) is 0 Å². The van der Waals surface area contributed by atoms with Gasteiger partial charge in [0.2, 0.25) is 5.91 Å². The van der Waals surface area contributed by atoms with Gasteiger partial charge in [-0.15, -0.1) is 0 Å². The molecule has 2 unspecified atom stereocenters. The first-order valence-corrected chi connectivity index (χ1v) is 6.46. The van der Waals surface area contributed by atoms with Crippen LogP contribution in [-0.4, -0.2) is 18.5 Å². The summed E-state index contributed by atoms with van der Waals surface area (Å²) in [7, 11) is 0. The van der Waals surface area contributed by atoms with E-state index in [1.54, 1.807) is 0 Å². The van der Waals surface area contributed by atoms with E-state index in [-0.39, 0.29) is 11.8 Å². The van der Waals surface area contributed by atoms with Crippen LogP contribution in [0.4, 0.5) is 0 Å². The normalized spacial score (nSPS) is 30.6. The van der Waals surface area contributed by atoms with Crippen LogP contribution in [0, 0.1) is 11.8 Å². The molecular weight excluding hydrogens is 200 g/mol. The fourth-order valence-electron chi connectivity index (χ4n) is 2.88. The highest BCUT2D eigenvalue weighted by atomic mass is 16.1. The molecule has 1 amide bonds. The van der Waals surface area contributed by atoms with Crippen LogP contribution in [-0.2, 0) is 4.79 Å². The monoisotopic (exact) mass is 222 g/mol. The summed E-state index contributed by atoms with van der Waals surface area (Å²) in [5.41, 5.74) is 5.75. The smallest absolute Gasteiger partial charge is 0.223 e. The van der Waals surface area contributed by atoms with E-state index in [4.69, 9.17) is 5.73 Å². The Morgan fingerprint density at radius 3 is 2.62 bits per heavy atom. The second kappa shape index (κ2) is 5.48. The maximum absolute atomic E-state index is 12.1. The molecule has 0 radical (unpaired) electrons. The number of hydrogen-bond donors (Lipinski definition) is 2.